The average molecular weight is 186 g/mol. The van der Waals surface area contributed by atoms with E-state index in [0.29, 0.717) is 6.29 Å². The van der Waals surface area contributed by atoms with Crippen molar-refractivity contribution in [2.45, 2.75) is 18.2 Å². The van der Waals surface area contributed by atoms with E-state index in [2.05, 4.69) is 0 Å². The molecule has 0 aliphatic rings. The summed E-state index contributed by atoms with van der Waals surface area (Å²) >= 11 is 0. The second-order valence-electron chi connectivity index (χ2n) is 1.95. The van der Waals surface area contributed by atoms with Crippen LogP contribution < -0.4 is 5.73 Å². The third-order valence-corrected chi connectivity index (χ3v) is 1.13. The van der Waals surface area contributed by atoms with Crippen LogP contribution in [0.25, 0.3) is 0 Å². The van der Waals surface area contributed by atoms with E-state index in [9.17, 15) is 4.79 Å². The lowest BCUT2D eigenvalue weighted by Gasteiger charge is -2.17. The summed E-state index contributed by atoms with van der Waals surface area (Å²) in [4.78, 5) is 9.89. The zero-order valence-corrected chi connectivity index (χ0v) is 6.57. The molecule has 3 atom stereocenters. The topological polar surface area (TPSA) is 104 Å². The maximum Gasteiger partial charge on any atom is 0.139 e. The minimum atomic E-state index is -1.39. The fourth-order valence-electron chi connectivity index (χ4n) is 0.445. The Balaban J connectivity index is 0. The van der Waals surface area contributed by atoms with Crippen LogP contribution in [0, 0.1) is 0 Å². The van der Waals surface area contributed by atoms with E-state index in [1.807, 2.05) is 0 Å². The van der Waals surface area contributed by atoms with Crippen molar-refractivity contribution in [3.8, 4) is 0 Å². The number of nitrogens with two attached hydrogens (primary N) is 1. The van der Waals surface area contributed by atoms with Crippen LogP contribution in [-0.4, -0.2) is 46.5 Å². The Morgan fingerprint density at radius 3 is 2.18 bits per heavy atom. The van der Waals surface area contributed by atoms with Crippen molar-refractivity contribution < 1.29 is 20.1 Å². The van der Waals surface area contributed by atoms with Crippen LogP contribution in [0.4, 0.5) is 0 Å². The van der Waals surface area contributed by atoms with E-state index in [1.54, 1.807) is 0 Å². The molecule has 0 aliphatic heterocycles. The smallest absolute Gasteiger partial charge is 0.139 e. The molecule has 0 aromatic heterocycles. The summed E-state index contributed by atoms with van der Waals surface area (Å²) in [7, 11) is 0. The molecular weight excluding hydrogens is 174 g/mol. The van der Waals surface area contributed by atoms with E-state index < -0.39 is 24.9 Å². The number of hydrogen-bond acceptors (Lipinski definition) is 5. The van der Waals surface area contributed by atoms with Crippen molar-refractivity contribution in [1.29, 1.82) is 0 Å². The van der Waals surface area contributed by atoms with Crippen molar-refractivity contribution >= 4 is 18.7 Å². The molecule has 0 saturated heterocycles. The van der Waals surface area contributed by atoms with Gasteiger partial charge in [-0.15, -0.1) is 12.4 Å². The lowest BCUT2D eigenvalue weighted by Crippen LogP contribution is -2.45. The van der Waals surface area contributed by atoms with Crippen LogP contribution in [0.5, 0.6) is 0 Å². The Hall–Kier alpha value is -0.200. The second kappa shape index (κ2) is 6.51. The monoisotopic (exact) mass is 185 g/mol. The molecule has 11 heavy (non-hydrogen) atoms. The fourth-order valence-corrected chi connectivity index (χ4v) is 0.445. The number of aliphatic hydroxyl groups excluding tert-OH is 3. The van der Waals surface area contributed by atoms with Crippen LogP contribution in [0.2, 0.25) is 0 Å². The number of halogens is 1. The van der Waals surface area contributed by atoms with Gasteiger partial charge in [0, 0.05) is 0 Å². The van der Waals surface area contributed by atoms with E-state index in [-0.39, 0.29) is 12.4 Å². The summed E-state index contributed by atoms with van der Waals surface area (Å²) in [5, 5.41) is 25.8. The van der Waals surface area contributed by atoms with Gasteiger partial charge in [0.1, 0.15) is 18.5 Å². The van der Waals surface area contributed by atoms with E-state index in [4.69, 9.17) is 21.1 Å². The molecule has 5 N–H and O–H groups in total. The molecule has 0 aliphatic carbocycles. The molecule has 0 aromatic carbocycles. The minimum Gasteiger partial charge on any atom is -0.394 e. The van der Waals surface area contributed by atoms with Crippen molar-refractivity contribution in [2.24, 2.45) is 5.73 Å². The SMILES string of the molecule is Cl.N[C@@H](C=O)[C@@H](O)[C@@H](O)CO. The summed E-state index contributed by atoms with van der Waals surface area (Å²) in [6.07, 6.45) is -2.42. The largest absolute Gasteiger partial charge is 0.394 e. The Morgan fingerprint density at radius 2 is 1.91 bits per heavy atom. The molecule has 0 heterocycles. The van der Waals surface area contributed by atoms with Crippen LogP contribution in [0.15, 0.2) is 0 Å². The quantitative estimate of drug-likeness (QED) is 0.367. The van der Waals surface area contributed by atoms with Gasteiger partial charge in [-0.05, 0) is 0 Å². The molecule has 0 amide bonds. The summed E-state index contributed by atoms with van der Waals surface area (Å²) in [5.41, 5.74) is 5.00. The predicted octanol–water partition coefficient (Wildman–Crippen LogP) is -2.35. The minimum absolute atomic E-state index is 0. The third-order valence-electron chi connectivity index (χ3n) is 1.13. The van der Waals surface area contributed by atoms with Crippen LogP contribution in [0.1, 0.15) is 0 Å². The molecule has 68 valence electrons. The highest BCUT2D eigenvalue weighted by Crippen LogP contribution is 1.94. The number of hydrogen-bond donors (Lipinski definition) is 4. The van der Waals surface area contributed by atoms with Crippen molar-refractivity contribution in [1.82, 2.24) is 0 Å². The van der Waals surface area contributed by atoms with E-state index in [1.165, 1.54) is 0 Å². The molecule has 0 saturated carbocycles. The molecule has 0 bridgehead atoms. The van der Waals surface area contributed by atoms with Gasteiger partial charge in [-0.25, -0.2) is 0 Å². The maximum atomic E-state index is 9.89. The van der Waals surface area contributed by atoms with Gasteiger partial charge in [-0.3, -0.25) is 0 Å². The Labute approximate surface area is 70.2 Å². The first-order chi connectivity index (χ1) is 4.63. The van der Waals surface area contributed by atoms with Gasteiger partial charge >= 0.3 is 0 Å². The number of rotatable bonds is 4. The predicted molar refractivity (Wildman–Crippen MR) is 40.4 cm³/mol. The average Bonchev–Trinajstić information content (AvgIpc) is 2.00. The Morgan fingerprint density at radius 1 is 1.45 bits per heavy atom. The second-order valence-corrected chi connectivity index (χ2v) is 1.95. The number of carbonyl (C=O) groups is 1. The summed E-state index contributed by atoms with van der Waals surface area (Å²) < 4.78 is 0. The van der Waals surface area contributed by atoms with Gasteiger partial charge in [-0.1, -0.05) is 0 Å². The molecule has 0 radical (unpaired) electrons. The Kier molecular flexibility index (Phi) is 7.92. The summed E-state index contributed by atoms with van der Waals surface area (Å²) in [6, 6.07) is -1.14. The highest BCUT2D eigenvalue weighted by molar-refractivity contribution is 5.85. The Bertz CT molecular complexity index is 113. The molecule has 0 unspecified atom stereocenters. The standard InChI is InChI=1S/C5H11NO4.ClH/c6-3(1-7)5(10)4(9)2-8;/h1,3-5,8-10H,2,6H2;1H/t3-,4-,5+;/m0./s1. The van der Waals surface area contributed by atoms with Crippen LogP contribution >= 0.6 is 12.4 Å². The number of aliphatic hydroxyl groups is 3. The molecule has 5 nitrogen and oxygen atoms in total. The van der Waals surface area contributed by atoms with Crippen LogP contribution in [0.3, 0.4) is 0 Å². The maximum absolute atomic E-state index is 9.89. The molecule has 0 spiro atoms. The highest BCUT2D eigenvalue weighted by Gasteiger charge is 2.21. The first kappa shape index (κ1) is 13.4. The molecule has 0 aromatic rings. The molecular formula is C5H12ClNO4. The van der Waals surface area contributed by atoms with Crippen molar-refractivity contribution in [3.63, 3.8) is 0 Å². The van der Waals surface area contributed by atoms with Gasteiger partial charge in [-0.2, -0.15) is 0 Å². The first-order valence-corrected chi connectivity index (χ1v) is 2.81. The van der Waals surface area contributed by atoms with Crippen molar-refractivity contribution in [2.75, 3.05) is 6.61 Å². The normalized spacial score (nSPS) is 17.8. The molecule has 0 rings (SSSR count). The lowest BCUT2D eigenvalue weighted by atomic mass is 10.1. The molecule has 6 heteroatoms. The van der Waals surface area contributed by atoms with Crippen LogP contribution in [-0.2, 0) is 4.79 Å². The zero-order valence-electron chi connectivity index (χ0n) is 5.75. The number of aldehydes is 1. The zero-order chi connectivity index (χ0) is 8.15. The van der Waals surface area contributed by atoms with E-state index in [0.717, 1.165) is 0 Å². The van der Waals surface area contributed by atoms with Gasteiger partial charge in [0.2, 0.25) is 0 Å². The number of carbonyl (C=O) groups excluding carboxylic acids is 1. The third kappa shape index (κ3) is 4.28. The summed E-state index contributed by atoms with van der Waals surface area (Å²) in [5.74, 6) is 0. The first-order valence-electron chi connectivity index (χ1n) is 2.81. The fraction of sp³-hybridized carbons (Fsp3) is 0.800. The highest BCUT2D eigenvalue weighted by atomic mass is 35.5. The molecule has 0 fully saturated rings. The lowest BCUT2D eigenvalue weighted by molar-refractivity contribution is -0.114. The van der Waals surface area contributed by atoms with Gasteiger partial charge in [0.25, 0.3) is 0 Å². The van der Waals surface area contributed by atoms with Gasteiger partial charge in [0.05, 0.1) is 12.6 Å². The summed E-state index contributed by atoms with van der Waals surface area (Å²) in [6.45, 7) is -0.608. The van der Waals surface area contributed by atoms with Crippen molar-refractivity contribution in [3.05, 3.63) is 0 Å². The van der Waals surface area contributed by atoms with Gasteiger partial charge < -0.3 is 25.8 Å². The van der Waals surface area contributed by atoms with E-state index >= 15 is 0 Å². The van der Waals surface area contributed by atoms with Gasteiger partial charge in [0.15, 0.2) is 0 Å².